The number of ether oxygens (including phenoxy) is 4. The van der Waals surface area contributed by atoms with Gasteiger partial charge in [-0.1, -0.05) is 37.6 Å². The summed E-state index contributed by atoms with van der Waals surface area (Å²) < 4.78 is 119. The predicted octanol–water partition coefficient (Wildman–Crippen LogP) is 7.81. The van der Waals surface area contributed by atoms with Crippen LogP contribution in [0.4, 0.5) is 30.7 Å². The standard InChI is InChI=1S/C27H23F7O4/c1-2-3-15-12-35-26(36-13-15)17-6-4-16(5-7-17)18-8-20(29)24(21(30)9-18)27(33,34)38-19-10-22(31)25(37-14-28)23(32)11-19/h4-11,15,26H,2-3,12-14H2,1H3. The summed E-state index contributed by atoms with van der Waals surface area (Å²) in [5.74, 6) is -8.31. The molecule has 1 aliphatic rings. The van der Waals surface area contributed by atoms with E-state index in [0.717, 1.165) is 12.8 Å². The van der Waals surface area contributed by atoms with Gasteiger partial charge in [-0.15, -0.1) is 0 Å². The van der Waals surface area contributed by atoms with Crippen molar-refractivity contribution in [3.05, 3.63) is 82.9 Å². The zero-order chi connectivity index (χ0) is 27.4. The molecule has 204 valence electrons. The second-order valence-corrected chi connectivity index (χ2v) is 8.68. The van der Waals surface area contributed by atoms with Gasteiger partial charge in [0.2, 0.25) is 6.86 Å². The molecule has 0 radical (unpaired) electrons. The first kappa shape index (κ1) is 27.7. The predicted molar refractivity (Wildman–Crippen MR) is 122 cm³/mol. The van der Waals surface area contributed by atoms with Crippen LogP contribution in [0.3, 0.4) is 0 Å². The molecule has 0 N–H and O–H groups in total. The molecule has 0 saturated carbocycles. The van der Waals surface area contributed by atoms with Crippen molar-refractivity contribution in [2.75, 3.05) is 20.1 Å². The SMILES string of the molecule is CCCC1COC(c2ccc(-c3cc(F)c(C(F)(F)Oc4cc(F)c(OCF)c(F)c4)c(F)c3)cc2)OC1. The lowest BCUT2D eigenvalue weighted by molar-refractivity contribution is -0.206. The Labute approximate surface area is 213 Å². The molecule has 0 unspecified atom stereocenters. The zero-order valence-corrected chi connectivity index (χ0v) is 20.1. The summed E-state index contributed by atoms with van der Waals surface area (Å²) in [5, 5.41) is 0. The van der Waals surface area contributed by atoms with Crippen LogP contribution in [0.25, 0.3) is 11.1 Å². The molecule has 3 aromatic carbocycles. The molecule has 38 heavy (non-hydrogen) atoms. The smallest absolute Gasteiger partial charge is 0.432 e. The van der Waals surface area contributed by atoms with Crippen molar-refractivity contribution < 1.29 is 49.7 Å². The van der Waals surface area contributed by atoms with E-state index in [1.54, 1.807) is 12.1 Å². The lowest BCUT2D eigenvalue weighted by atomic mass is 10.0. The van der Waals surface area contributed by atoms with E-state index in [4.69, 9.17) is 9.47 Å². The van der Waals surface area contributed by atoms with E-state index in [0.29, 0.717) is 42.4 Å². The third-order valence-corrected chi connectivity index (χ3v) is 5.93. The van der Waals surface area contributed by atoms with Gasteiger partial charge in [-0.25, -0.2) is 22.0 Å². The van der Waals surface area contributed by atoms with E-state index in [1.165, 1.54) is 12.1 Å². The fourth-order valence-electron chi connectivity index (χ4n) is 4.15. The third kappa shape index (κ3) is 6.05. The van der Waals surface area contributed by atoms with Gasteiger partial charge < -0.3 is 18.9 Å². The summed E-state index contributed by atoms with van der Waals surface area (Å²) in [7, 11) is 0. The third-order valence-electron chi connectivity index (χ3n) is 5.93. The van der Waals surface area contributed by atoms with Crippen molar-refractivity contribution in [2.24, 2.45) is 5.92 Å². The Morgan fingerprint density at radius 2 is 1.42 bits per heavy atom. The van der Waals surface area contributed by atoms with Crippen molar-refractivity contribution in [3.8, 4) is 22.6 Å². The largest absolute Gasteiger partial charge is 0.457 e. The highest BCUT2D eigenvalue weighted by atomic mass is 19.3. The van der Waals surface area contributed by atoms with Crippen LogP contribution in [0.2, 0.25) is 0 Å². The number of rotatable bonds is 9. The normalized spacial score (nSPS) is 17.9. The first-order chi connectivity index (χ1) is 18.1. The van der Waals surface area contributed by atoms with E-state index in [9.17, 15) is 30.7 Å². The van der Waals surface area contributed by atoms with Gasteiger partial charge in [0.1, 0.15) is 22.9 Å². The number of alkyl halides is 3. The van der Waals surface area contributed by atoms with E-state index < -0.39 is 59.6 Å². The summed E-state index contributed by atoms with van der Waals surface area (Å²) >= 11 is 0. The summed E-state index contributed by atoms with van der Waals surface area (Å²) in [6.45, 7) is 1.59. The van der Waals surface area contributed by atoms with Crippen molar-refractivity contribution >= 4 is 0 Å². The Hall–Kier alpha value is -3.31. The lowest BCUT2D eigenvalue weighted by Gasteiger charge is -2.29. The molecule has 0 amide bonds. The number of hydrogen-bond donors (Lipinski definition) is 0. The van der Waals surface area contributed by atoms with Crippen LogP contribution in [0, 0.1) is 29.2 Å². The first-order valence-corrected chi connectivity index (χ1v) is 11.7. The molecule has 1 aliphatic heterocycles. The van der Waals surface area contributed by atoms with Gasteiger partial charge in [-0.3, -0.25) is 0 Å². The van der Waals surface area contributed by atoms with E-state index in [2.05, 4.69) is 16.4 Å². The maximum absolute atomic E-state index is 14.7. The Kier molecular flexibility index (Phi) is 8.47. The average molecular weight is 544 g/mol. The highest BCUT2D eigenvalue weighted by molar-refractivity contribution is 5.64. The highest BCUT2D eigenvalue weighted by Crippen LogP contribution is 2.39. The molecule has 1 saturated heterocycles. The Morgan fingerprint density at radius 1 is 0.842 bits per heavy atom. The van der Waals surface area contributed by atoms with Crippen LogP contribution in [-0.4, -0.2) is 20.1 Å². The van der Waals surface area contributed by atoms with Gasteiger partial charge >= 0.3 is 6.11 Å². The topological polar surface area (TPSA) is 36.9 Å². The van der Waals surface area contributed by atoms with Crippen molar-refractivity contribution in [1.82, 2.24) is 0 Å². The van der Waals surface area contributed by atoms with Crippen LogP contribution in [0.1, 0.15) is 37.2 Å². The fourth-order valence-corrected chi connectivity index (χ4v) is 4.15. The lowest BCUT2D eigenvalue weighted by Crippen LogP contribution is -2.26. The Bertz CT molecular complexity index is 1210. The highest BCUT2D eigenvalue weighted by Gasteiger charge is 2.41. The Balaban J connectivity index is 1.52. The van der Waals surface area contributed by atoms with Gasteiger partial charge in [0.25, 0.3) is 0 Å². The van der Waals surface area contributed by atoms with Gasteiger partial charge in [0.05, 0.1) is 13.2 Å². The van der Waals surface area contributed by atoms with Crippen molar-refractivity contribution in [2.45, 2.75) is 32.2 Å². The summed E-state index contributed by atoms with van der Waals surface area (Å²) in [4.78, 5) is 0. The van der Waals surface area contributed by atoms with Crippen LogP contribution in [-0.2, 0) is 15.6 Å². The second-order valence-electron chi connectivity index (χ2n) is 8.68. The molecule has 3 aromatic rings. The van der Waals surface area contributed by atoms with E-state index in [-0.39, 0.29) is 17.7 Å². The van der Waals surface area contributed by atoms with Crippen LogP contribution in [0.5, 0.6) is 11.5 Å². The quantitative estimate of drug-likeness (QED) is 0.258. The summed E-state index contributed by atoms with van der Waals surface area (Å²) in [6.07, 6.45) is -3.24. The zero-order valence-electron chi connectivity index (χ0n) is 20.1. The molecule has 0 spiro atoms. The molecule has 1 fully saturated rings. The summed E-state index contributed by atoms with van der Waals surface area (Å²) in [5.41, 5.74) is -0.781. The fraction of sp³-hybridized carbons (Fsp3) is 0.333. The van der Waals surface area contributed by atoms with Gasteiger partial charge in [-0.05, 0) is 29.7 Å². The van der Waals surface area contributed by atoms with Crippen molar-refractivity contribution in [3.63, 3.8) is 0 Å². The monoisotopic (exact) mass is 544 g/mol. The average Bonchev–Trinajstić information content (AvgIpc) is 2.86. The van der Waals surface area contributed by atoms with Crippen LogP contribution >= 0.6 is 0 Å². The molecule has 0 atom stereocenters. The number of hydrogen-bond acceptors (Lipinski definition) is 4. The molecule has 0 aliphatic carbocycles. The maximum atomic E-state index is 14.7. The van der Waals surface area contributed by atoms with Crippen LogP contribution < -0.4 is 9.47 Å². The van der Waals surface area contributed by atoms with E-state index in [1.807, 2.05) is 0 Å². The minimum Gasteiger partial charge on any atom is -0.457 e. The molecule has 11 heteroatoms. The van der Waals surface area contributed by atoms with Gasteiger partial charge in [-0.2, -0.15) is 8.78 Å². The van der Waals surface area contributed by atoms with Gasteiger partial charge in [0, 0.05) is 23.6 Å². The minimum atomic E-state index is -4.65. The minimum absolute atomic E-state index is 0.0376. The molecule has 0 bridgehead atoms. The number of benzene rings is 3. The molecule has 4 nitrogen and oxygen atoms in total. The molecular formula is C27H23F7O4. The molecular weight excluding hydrogens is 521 g/mol. The maximum Gasteiger partial charge on any atom is 0.432 e. The molecule has 0 aromatic heterocycles. The van der Waals surface area contributed by atoms with E-state index >= 15 is 0 Å². The second kappa shape index (κ2) is 11.6. The van der Waals surface area contributed by atoms with Crippen LogP contribution in [0.15, 0.2) is 48.5 Å². The molecule has 4 rings (SSSR count). The molecule has 1 heterocycles. The summed E-state index contributed by atoms with van der Waals surface area (Å²) in [6, 6.07) is 8.28. The number of halogens is 7. The Morgan fingerprint density at radius 3 is 1.95 bits per heavy atom. The van der Waals surface area contributed by atoms with Gasteiger partial charge in [0.15, 0.2) is 23.7 Å². The van der Waals surface area contributed by atoms with Crippen molar-refractivity contribution in [1.29, 1.82) is 0 Å². The first-order valence-electron chi connectivity index (χ1n) is 11.7.